The molecule has 1 aromatic carbocycles. The van der Waals surface area contributed by atoms with Crippen molar-refractivity contribution in [3.05, 3.63) is 41.4 Å². The van der Waals surface area contributed by atoms with Gasteiger partial charge in [-0.3, -0.25) is 0 Å². The zero-order valence-electron chi connectivity index (χ0n) is 11.1. The van der Waals surface area contributed by atoms with E-state index >= 15 is 0 Å². The van der Waals surface area contributed by atoms with E-state index in [-0.39, 0.29) is 11.4 Å². The number of nitrogens with zero attached hydrogens (tertiary/aromatic N) is 4. The van der Waals surface area contributed by atoms with E-state index in [2.05, 4.69) is 25.9 Å². The van der Waals surface area contributed by atoms with Crippen LogP contribution in [0, 0.1) is 11.3 Å². The maximum atomic E-state index is 13.0. The Labute approximate surface area is 126 Å². The molecule has 0 bridgehead atoms. The highest BCUT2D eigenvalue weighted by atomic mass is 19.4. The molecule has 0 unspecified atom stereocenters. The summed E-state index contributed by atoms with van der Waals surface area (Å²) < 4.78 is 39.0. The van der Waals surface area contributed by atoms with Crippen LogP contribution in [-0.2, 0) is 6.18 Å². The predicted molar refractivity (Wildman–Crippen MR) is 69.8 cm³/mol. The van der Waals surface area contributed by atoms with Crippen LogP contribution in [0.4, 0.5) is 18.9 Å². The van der Waals surface area contributed by atoms with Gasteiger partial charge < -0.3 is 10.4 Å². The minimum atomic E-state index is -4.78. The summed E-state index contributed by atoms with van der Waals surface area (Å²) in [5.41, 5.74) is -2.27. The number of nitrogens with one attached hydrogen (secondary N) is 2. The monoisotopic (exact) mass is 324 g/mol. The van der Waals surface area contributed by atoms with E-state index in [9.17, 15) is 18.0 Å². The number of aromatic nitrogens is 4. The van der Waals surface area contributed by atoms with Crippen LogP contribution < -0.4 is 5.32 Å². The van der Waals surface area contributed by atoms with E-state index in [0.29, 0.717) is 6.07 Å². The molecule has 1 aromatic heterocycles. The first kappa shape index (κ1) is 16.0. The van der Waals surface area contributed by atoms with E-state index in [1.54, 1.807) is 6.07 Å². The van der Waals surface area contributed by atoms with Gasteiger partial charge in [-0.15, -0.1) is 10.2 Å². The fourth-order valence-corrected chi connectivity index (χ4v) is 1.61. The van der Waals surface area contributed by atoms with Crippen molar-refractivity contribution < 1.29 is 23.1 Å². The second kappa shape index (κ2) is 6.14. The summed E-state index contributed by atoms with van der Waals surface area (Å²) >= 11 is 0. The number of hydrogen-bond acceptors (Lipinski definition) is 6. The second-order valence-electron chi connectivity index (χ2n) is 4.11. The van der Waals surface area contributed by atoms with Gasteiger partial charge in [-0.25, -0.2) is 4.79 Å². The highest BCUT2D eigenvalue weighted by Gasteiger charge is 2.34. The molecule has 0 atom stereocenters. The average Bonchev–Trinajstić information content (AvgIpc) is 3.01. The molecule has 0 aliphatic carbocycles. The zero-order chi connectivity index (χ0) is 17.0. The lowest BCUT2D eigenvalue weighted by Crippen LogP contribution is -2.11. The van der Waals surface area contributed by atoms with Gasteiger partial charge in [0.1, 0.15) is 11.6 Å². The van der Waals surface area contributed by atoms with Gasteiger partial charge in [0.05, 0.1) is 16.8 Å². The van der Waals surface area contributed by atoms with Crippen LogP contribution in [0.3, 0.4) is 0 Å². The quantitative estimate of drug-likeness (QED) is 0.733. The molecule has 11 heteroatoms. The molecular weight excluding hydrogens is 317 g/mol. The largest absolute Gasteiger partial charge is 0.478 e. The fraction of sp³-hybridized carbons (Fsp3) is 0.0833. The number of nitriles is 1. The number of H-pyrrole nitrogens is 1. The standard InChI is InChI=1S/C12H7F3N6O2/c13-12(14,15)8-3-6(11(22)23)1-2-9(8)17-5-7(4-16)10-18-20-21-19-10/h1-3,5,17H,(H,22,23)(H,18,19,20,21). The summed E-state index contributed by atoms with van der Waals surface area (Å²) in [6.45, 7) is 0. The van der Waals surface area contributed by atoms with Crippen LogP contribution in [0.15, 0.2) is 24.4 Å². The Kier molecular flexibility index (Phi) is 4.26. The van der Waals surface area contributed by atoms with Crippen molar-refractivity contribution in [1.82, 2.24) is 20.6 Å². The maximum absolute atomic E-state index is 13.0. The molecule has 0 saturated heterocycles. The lowest BCUT2D eigenvalue weighted by molar-refractivity contribution is -0.136. The molecular formula is C12H7F3N6O2. The Bertz CT molecular complexity index is 792. The highest BCUT2D eigenvalue weighted by molar-refractivity contribution is 5.88. The van der Waals surface area contributed by atoms with E-state index in [4.69, 9.17) is 10.4 Å². The van der Waals surface area contributed by atoms with Crippen molar-refractivity contribution in [2.45, 2.75) is 6.18 Å². The number of tetrazole rings is 1. The summed E-state index contributed by atoms with van der Waals surface area (Å²) in [4.78, 5) is 10.8. The first-order valence-electron chi connectivity index (χ1n) is 5.88. The van der Waals surface area contributed by atoms with Crippen LogP contribution in [0.2, 0.25) is 0 Å². The Morgan fingerprint density at radius 2 is 2.17 bits per heavy atom. The highest BCUT2D eigenvalue weighted by Crippen LogP contribution is 2.35. The number of carbonyl (C=O) groups is 1. The van der Waals surface area contributed by atoms with Gasteiger partial charge in [0, 0.05) is 6.20 Å². The van der Waals surface area contributed by atoms with Crippen LogP contribution in [-0.4, -0.2) is 31.7 Å². The molecule has 0 fully saturated rings. The molecule has 0 spiro atoms. The minimum Gasteiger partial charge on any atom is -0.478 e. The number of halogens is 3. The first-order chi connectivity index (χ1) is 10.8. The lowest BCUT2D eigenvalue weighted by atomic mass is 10.1. The Morgan fingerprint density at radius 3 is 2.70 bits per heavy atom. The average molecular weight is 324 g/mol. The Morgan fingerprint density at radius 1 is 1.43 bits per heavy atom. The molecule has 0 saturated carbocycles. The number of benzene rings is 1. The van der Waals surface area contributed by atoms with Gasteiger partial charge in [-0.2, -0.15) is 23.6 Å². The van der Waals surface area contributed by atoms with Gasteiger partial charge >= 0.3 is 12.1 Å². The van der Waals surface area contributed by atoms with Gasteiger partial charge in [-0.1, -0.05) is 0 Å². The second-order valence-corrected chi connectivity index (χ2v) is 4.11. The molecule has 2 aromatic rings. The SMILES string of the molecule is N#CC(=CNc1ccc(C(=O)O)cc1C(F)(F)F)c1nn[nH]n1. The molecule has 8 nitrogen and oxygen atoms in total. The maximum Gasteiger partial charge on any atom is 0.418 e. The third kappa shape index (κ3) is 3.62. The summed E-state index contributed by atoms with van der Waals surface area (Å²) in [5.74, 6) is -1.59. The number of rotatable bonds is 4. The summed E-state index contributed by atoms with van der Waals surface area (Å²) in [5, 5.41) is 32.4. The van der Waals surface area contributed by atoms with Crippen molar-refractivity contribution in [3.63, 3.8) is 0 Å². The topological polar surface area (TPSA) is 128 Å². The first-order valence-corrected chi connectivity index (χ1v) is 5.88. The van der Waals surface area contributed by atoms with E-state index in [0.717, 1.165) is 18.3 Å². The number of carboxylic acids is 1. The van der Waals surface area contributed by atoms with Crippen LogP contribution >= 0.6 is 0 Å². The van der Waals surface area contributed by atoms with Crippen LogP contribution in [0.1, 0.15) is 21.7 Å². The fourth-order valence-electron chi connectivity index (χ4n) is 1.61. The number of hydrogen-bond donors (Lipinski definition) is 3. The van der Waals surface area contributed by atoms with Crippen LogP contribution in [0.25, 0.3) is 5.57 Å². The molecule has 0 radical (unpaired) electrons. The molecule has 0 amide bonds. The van der Waals surface area contributed by atoms with Crippen LogP contribution in [0.5, 0.6) is 0 Å². The van der Waals surface area contributed by atoms with Crippen molar-refractivity contribution >= 4 is 17.2 Å². The van der Waals surface area contributed by atoms with Gasteiger partial charge in [0.15, 0.2) is 0 Å². The zero-order valence-corrected chi connectivity index (χ0v) is 11.1. The predicted octanol–water partition coefficient (Wildman–Crippen LogP) is 1.89. The number of anilines is 1. The molecule has 3 N–H and O–H groups in total. The van der Waals surface area contributed by atoms with Gasteiger partial charge in [0.2, 0.25) is 5.82 Å². The van der Waals surface area contributed by atoms with Crippen molar-refractivity contribution in [3.8, 4) is 6.07 Å². The van der Waals surface area contributed by atoms with Gasteiger partial charge in [0.25, 0.3) is 0 Å². The molecule has 2 rings (SSSR count). The third-order valence-electron chi connectivity index (χ3n) is 2.65. The lowest BCUT2D eigenvalue weighted by Gasteiger charge is -2.13. The molecule has 23 heavy (non-hydrogen) atoms. The number of aromatic carboxylic acids is 1. The summed E-state index contributed by atoms with van der Waals surface area (Å²) in [7, 11) is 0. The Balaban J connectivity index is 2.40. The van der Waals surface area contributed by atoms with Crippen molar-refractivity contribution in [1.29, 1.82) is 5.26 Å². The summed E-state index contributed by atoms with van der Waals surface area (Å²) in [6, 6.07) is 4.16. The van der Waals surface area contributed by atoms with Crippen molar-refractivity contribution in [2.24, 2.45) is 0 Å². The number of allylic oxidation sites excluding steroid dienone is 1. The van der Waals surface area contributed by atoms with Gasteiger partial charge in [-0.05, 0) is 23.4 Å². The molecule has 0 aliphatic rings. The molecule has 1 heterocycles. The number of alkyl halides is 3. The third-order valence-corrected chi connectivity index (χ3v) is 2.65. The normalized spacial score (nSPS) is 11.8. The molecule has 118 valence electrons. The van der Waals surface area contributed by atoms with E-state index in [1.165, 1.54) is 0 Å². The van der Waals surface area contributed by atoms with E-state index < -0.39 is 29.0 Å². The smallest absolute Gasteiger partial charge is 0.418 e. The summed E-state index contributed by atoms with van der Waals surface area (Å²) in [6.07, 6.45) is -3.81. The minimum absolute atomic E-state index is 0.101. The number of aromatic amines is 1. The van der Waals surface area contributed by atoms with E-state index in [1.807, 2.05) is 0 Å². The molecule has 0 aliphatic heterocycles. The Hall–Kier alpha value is -3.42. The number of carboxylic acid groups (broad SMARTS) is 1. The van der Waals surface area contributed by atoms with Crippen molar-refractivity contribution in [2.75, 3.05) is 5.32 Å².